The van der Waals surface area contributed by atoms with Gasteiger partial charge in [-0.3, -0.25) is 14.0 Å². The van der Waals surface area contributed by atoms with Gasteiger partial charge in [-0.2, -0.15) is 5.10 Å². The van der Waals surface area contributed by atoms with Crippen LogP contribution in [0.25, 0.3) is 0 Å². The molecule has 0 fully saturated rings. The first-order valence-corrected chi connectivity index (χ1v) is 9.67. The maximum atomic E-state index is 12.8. The van der Waals surface area contributed by atoms with E-state index < -0.39 is 7.75 Å². The summed E-state index contributed by atoms with van der Waals surface area (Å²) in [6, 6.07) is 0. The Hall–Kier alpha value is -0.650. The van der Waals surface area contributed by atoms with Crippen LogP contribution in [-0.4, -0.2) is 23.4 Å². The molecular weight excluding hydrogens is 360 g/mol. The third-order valence-electron chi connectivity index (χ3n) is 3.05. The van der Waals surface area contributed by atoms with Crippen molar-refractivity contribution in [1.29, 1.82) is 0 Å². The quantitative estimate of drug-likeness (QED) is 0.368. The molecule has 0 bridgehead atoms. The summed E-state index contributed by atoms with van der Waals surface area (Å²) in [7, 11) is -3.58. The van der Waals surface area contributed by atoms with Crippen molar-refractivity contribution in [3.63, 3.8) is 0 Å². The normalized spacial score (nSPS) is 17.0. The van der Waals surface area contributed by atoms with Crippen molar-refractivity contribution in [3.05, 3.63) is 28.0 Å². The summed E-state index contributed by atoms with van der Waals surface area (Å²) >= 11 is 12.0. The van der Waals surface area contributed by atoms with Crippen LogP contribution in [0.15, 0.2) is 17.5 Å². The van der Waals surface area contributed by atoms with Crippen molar-refractivity contribution < 1.29 is 13.6 Å². The van der Waals surface area contributed by atoms with E-state index in [9.17, 15) is 4.57 Å². The Morgan fingerprint density at radius 2 is 1.70 bits per heavy atom. The first-order valence-electron chi connectivity index (χ1n) is 7.37. The number of hydrazone groups is 1. The Kier molecular flexibility index (Phi) is 8.51. The minimum absolute atomic E-state index is 0.235. The van der Waals surface area contributed by atoms with Crippen LogP contribution < -0.4 is 5.20 Å². The number of pyridine rings is 1. The smallest absolute Gasteiger partial charge is 0.288 e. The van der Waals surface area contributed by atoms with Crippen LogP contribution in [0.1, 0.15) is 46.1 Å². The second-order valence-electron chi connectivity index (χ2n) is 5.02. The van der Waals surface area contributed by atoms with Crippen molar-refractivity contribution in [1.82, 2.24) is 10.2 Å². The summed E-state index contributed by atoms with van der Waals surface area (Å²) in [5.74, 6) is 0. The highest BCUT2D eigenvalue weighted by Crippen LogP contribution is 2.47. The first kappa shape index (κ1) is 20.4. The lowest BCUT2D eigenvalue weighted by molar-refractivity contribution is 0.117. The van der Waals surface area contributed by atoms with E-state index in [0.29, 0.717) is 28.5 Å². The van der Waals surface area contributed by atoms with E-state index in [1.54, 1.807) is 0 Å². The van der Waals surface area contributed by atoms with Crippen LogP contribution in [0.2, 0.25) is 10.0 Å². The summed E-state index contributed by atoms with van der Waals surface area (Å²) in [6.45, 7) is 7.49. The highest BCUT2D eigenvalue weighted by atomic mass is 35.5. The van der Waals surface area contributed by atoms with Crippen molar-refractivity contribution in [2.24, 2.45) is 5.10 Å². The van der Waals surface area contributed by atoms with Gasteiger partial charge in [0.1, 0.15) is 0 Å². The number of aromatic nitrogens is 1. The molecule has 9 heteroatoms. The fourth-order valence-electron chi connectivity index (χ4n) is 1.40. The third kappa shape index (κ3) is 6.77. The molecule has 0 saturated heterocycles. The Morgan fingerprint density at radius 1 is 1.22 bits per heavy atom. The molecular formula is C14H22Cl2N3O3P. The molecule has 2 atom stereocenters. The molecule has 2 unspecified atom stereocenters. The molecule has 1 heterocycles. The average Bonchev–Trinajstić information content (AvgIpc) is 2.49. The summed E-state index contributed by atoms with van der Waals surface area (Å²) in [5.41, 5.74) is 0.467. The molecule has 6 nitrogen and oxygen atoms in total. The highest BCUT2D eigenvalue weighted by Gasteiger charge is 2.29. The molecule has 0 amide bonds. The van der Waals surface area contributed by atoms with Gasteiger partial charge < -0.3 is 0 Å². The molecule has 1 aromatic heterocycles. The van der Waals surface area contributed by atoms with E-state index >= 15 is 0 Å². The number of nitrogens with zero attached hydrogens (tertiary/aromatic N) is 2. The molecule has 1 aromatic rings. The molecule has 0 aliphatic rings. The molecule has 23 heavy (non-hydrogen) atoms. The summed E-state index contributed by atoms with van der Waals surface area (Å²) in [5, 5.41) is 7.07. The summed E-state index contributed by atoms with van der Waals surface area (Å²) in [4.78, 5) is 3.85. The van der Waals surface area contributed by atoms with Crippen molar-refractivity contribution >= 4 is 37.2 Å². The zero-order valence-corrected chi connectivity index (χ0v) is 16.0. The van der Waals surface area contributed by atoms with E-state index in [2.05, 4.69) is 15.3 Å². The zero-order valence-electron chi connectivity index (χ0n) is 13.6. The summed E-state index contributed by atoms with van der Waals surface area (Å²) < 4.78 is 23.7. The SMILES string of the molecule is CCC(C)OP(=O)(N/N=C/c1c(Cl)cncc1Cl)OC(C)CC. The summed E-state index contributed by atoms with van der Waals surface area (Å²) in [6.07, 6.45) is 5.17. The van der Waals surface area contributed by atoms with Gasteiger partial charge in [-0.1, -0.05) is 37.0 Å². The van der Waals surface area contributed by atoms with Gasteiger partial charge in [-0.15, -0.1) is 0 Å². The van der Waals surface area contributed by atoms with Gasteiger partial charge in [0, 0.05) is 18.0 Å². The molecule has 130 valence electrons. The topological polar surface area (TPSA) is 72.8 Å². The lowest BCUT2D eigenvalue weighted by atomic mass is 10.3. The predicted molar refractivity (Wildman–Crippen MR) is 94.3 cm³/mol. The van der Waals surface area contributed by atoms with E-state index in [4.69, 9.17) is 32.2 Å². The number of nitrogens with one attached hydrogen (secondary N) is 1. The van der Waals surface area contributed by atoms with E-state index in [1.165, 1.54) is 18.6 Å². The van der Waals surface area contributed by atoms with Gasteiger partial charge in [0.2, 0.25) is 0 Å². The lowest BCUT2D eigenvalue weighted by Gasteiger charge is -2.23. The van der Waals surface area contributed by atoms with E-state index in [1.807, 2.05) is 27.7 Å². The molecule has 0 saturated carbocycles. The average molecular weight is 382 g/mol. The van der Waals surface area contributed by atoms with Gasteiger partial charge >= 0.3 is 7.75 Å². The minimum atomic E-state index is -3.58. The second kappa shape index (κ2) is 9.60. The minimum Gasteiger partial charge on any atom is -0.288 e. The Bertz CT molecular complexity index is 550. The van der Waals surface area contributed by atoms with Crippen molar-refractivity contribution in [3.8, 4) is 0 Å². The number of hydrogen-bond acceptors (Lipinski definition) is 5. The van der Waals surface area contributed by atoms with Gasteiger partial charge in [0.05, 0.1) is 28.5 Å². The molecule has 0 spiro atoms. The molecule has 0 aromatic carbocycles. The van der Waals surface area contributed by atoms with Crippen LogP contribution in [-0.2, 0) is 13.6 Å². The Labute approximate surface area is 147 Å². The fourth-order valence-corrected chi connectivity index (χ4v) is 3.45. The van der Waals surface area contributed by atoms with Gasteiger partial charge in [0.25, 0.3) is 0 Å². The second-order valence-corrected chi connectivity index (χ2v) is 7.45. The fraction of sp³-hybridized carbons (Fsp3) is 0.571. The van der Waals surface area contributed by atoms with Gasteiger partial charge in [-0.25, -0.2) is 9.76 Å². The van der Waals surface area contributed by atoms with Crippen LogP contribution in [0, 0.1) is 0 Å². The molecule has 0 radical (unpaired) electrons. The van der Waals surface area contributed by atoms with Crippen LogP contribution in [0.3, 0.4) is 0 Å². The number of hydrogen-bond donors (Lipinski definition) is 1. The maximum absolute atomic E-state index is 12.8. The van der Waals surface area contributed by atoms with Gasteiger partial charge in [-0.05, 0) is 26.7 Å². The Morgan fingerprint density at radius 3 is 2.13 bits per heavy atom. The lowest BCUT2D eigenvalue weighted by Crippen LogP contribution is -2.18. The van der Waals surface area contributed by atoms with Crippen LogP contribution in [0.4, 0.5) is 0 Å². The van der Waals surface area contributed by atoms with E-state index in [-0.39, 0.29) is 12.2 Å². The number of rotatable bonds is 9. The molecule has 1 N–H and O–H groups in total. The van der Waals surface area contributed by atoms with E-state index in [0.717, 1.165) is 0 Å². The van der Waals surface area contributed by atoms with Crippen molar-refractivity contribution in [2.45, 2.75) is 52.7 Å². The number of halogens is 2. The zero-order chi connectivity index (χ0) is 17.5. The first-order chi connectivity index (χ1) is 10.8. The maximum Gasteiger partial charge on any atom is 0.448 e. The molecule has 1 rings (SSSR count). The predicted octanol–water partition coefficient (Wildman–Crippen LogP) is 5.05. The van der Waals surface area contributed by atoms with Crippen molar-refractivity contribution in [2.75, 3.05) is 0 Å². The largest absolute Gasteiger partial charge is 0.448 e. The molecule has 0 aliphatic carbocycles. The van der Waals surface area contributed by atoms with Crippen LogP contribution in [0.5, 0.6) is 0 Å². The Balaban J connectivity index is 2.88. The third-order valence-corrected chi connectivity index (χ3v) is 5.29. The monoisotopic (exact) mass is 381 g/mol. The van der Waals surface area contributed by atoms with Crippen LogP contribution >= 0.6 is 30.9 Å². The highest BCUT2D eigenvalue weighted by molar-refractivity contribution is 7.51. The van der Waals surface area contributed by atoms with Gasteiger partial charge in [0.15, 0.2) is 0 Å². The standard InChI is InChI=1S/C14H22Cl2N3O3P/c1-5-10(3)21-23(20,22-11(4)6-2)19-18-7-12-13(15)8-17-9-14(12)16/h7-11H,5-6H2,1-4H3,(H,19,20)/b18-7+. The molecule has 0 aliphatic heterocycles.